The van der Waals surface area contributed by atoms with Crippen LogP contribution in [0.1, 0.15) is 32.1 Å². The fourth-order valence-electron chi connectivity index (χ4n) is 3.45. The van der Waals surface area contributed by atoms with Crippen molar-refractivity contribution in [3.63, 3.8) is 0 Å². The first kappa shape index (κ1) is 13.5. The second-order valence-corrected chi connectivity index (χ2v) is 7.18. The van der Waals surface area contributed by atoms with Crippen molar-refractivity contribution in [2.45, 2.75) is 44.7 Å². The summed E-state index contributed by atoms with van der Waals surface area (Å²) in [5.74, 6) is 0.762. The van der Waals surface area contributed by atoms with Crippen molar-refractivity contribution in [1.82, 2.24) is 19.9 Å². The van der Waals surface area contributed by atoms with Gasteiger partial charge in [0, 0.05) is 23.5 Å². The van der Waals surface area contributed by atoms with E-state index >= 15 is 0 Å². The quantitative estimate of drug-likeness (QED) is 0.869. The Morgan fingerprint density at radius 3 is 2.71 bits per heavy atom. The average molecular weight is 302 g/mol. The second-order valence-electron chi connectivity index (χ2n) is 6.40. The fourth-order valence-corrected chi connectivity index (χ4v) is 4.10. The van der Waals surface area contributed by atoms with Crippen LogP contribution in [0, 0.1) is 5.92 Å². The van der Waals surface area contributed by atoms with E-state index in [1.54, 1.807) is 11.3 Å². The van der Waals surface area contributed by atoms with Crippen molar-refractivity contribution >= 4 is 11.3 Å². The molecule has 0 aromatic carbocycles. The average Bonchev–Trinajstić information content (AvgIpc) is 3.09. The van der Waals surface area contributed by atoms with Crippen LogP contribution in [-0.4, -0.2) is 39.0 Å². The van der Waals surface area contributed by atoms with Crippen molar-refractivity contribution in [3.05, 3.63) is 23.0 Å². The highest BCUT2D eigenvalue weighted by Crippen LogP contribution is 2.29. The summed E-state index contributed by atoms with van der Waals surface area (Å²) >= 11 is 1.71. The summed E-state index contributed by atoms with van der Waals surface area (Å²) < 4.78 is 2.04. The highest BCUT2D eigenvalue weighted by molar-refractivity contribution is 7.08. The minimum Gasteiger partial charge on any atom is -0.300 e. The molecule has 0 N–H and O–H groups in total. The summed E-state index contributed by atoms with van der Waals surface area (Å²) in [6.07, 6.45) is 9.01. The predicted octanol–water partition coefficient (Wildman–Crippen LogP) is 3.27. The smallest absolute Gasteiger partial charge is 0.113 e. The SMILES string of the molecule is c1cc(-c2cn(CC3CCN(C4CCC4)CC3)nn2)cs1. The molecule has 0 radical (unpaired) electrons. The van der Waals surface area contributed by atoms with Crippen LogP contribution in [0.2, 0.25) is 0 Å². The van der Waals surface area contributed by atoms with Crippen LogP contribution in [0.25, 0.3) is 11.3 Å². The molecule has 0 amide bonds. The minimum absolute atomic E-state index is 0.762. The van der Waals surface area contributed by atoms with Crippen molar-refractivity contribution < 1.29 is 0 Å². The highest BCUT2D eigenvalue weighted by Gasteiger charge is 2.28. The lowest BCUT2D eigenvalue weighted by molar-refractivity contribution is 0.0797. The van der Waals surface area contributed by atoms with Gasteiger partial charge in [-0.15, -0.1) is 5.10 Å². The van der Waals surface area contributed by atoms with Crippen LogP contribution < -0.4 is 0 Å². The van der Waals surface area contributed by atoms with Gasteiger partial charge >= 0.3 is 0 Å². The van der Waals surface area contributed by atoms with Crippen LogP contribution in [0.3, 0.4) is 0 Å². The Hall–Kier alpha value is -1.20. The number of likely N-dealkylation sites (tertiary alicyclic amines) is 1. The van der Waals surface area contributed by atoms with E-state index in [4.69, 9.17) is 0 Å². The van der Waals surface area contributed by atoms with Gasteiger partial charge in [0.15, 0.2) is 0 Å². The number of thiophene rings is 1. The van der Waals surface area contributed by atoms with Gasteiger partial charge < -0.3 is 4.90 Å². The van der Waals surface area contributed by atoms with Crippen molar-refractivity contribution in [1.29, 1.82) is 0 Å². The van der Waals surface area contributed by atoms with Crippen LogP contribution >= 0.6 is 11.3 Å². The first-order valence-corrected chi connectivity index (χ1v) is 8.99. The predicted molar refractivity (Wildman–Crippen MR) is 85.3 cm³/mol. The third-order valence-electron chi connectivity index (χ3n) is 5.04. The molecular weight excluding hydrogens is 280 g/mol. The van der Waals surface area contributed by atoms with E-state index in [0.29, 0.717) is 0 Å². The molecule has 4 rings (SSSR count). The van der Waals surface area contributed by atoms with E-state index in [1.807, 2.05) is 4.68 Å². The summed E-state index contributed by atoms with van der Waals surface area (Å²) in [5, 5.41) is 12.8. The Labute approximate surface area is 129 Å². The summed E-state index contributed by atoms with van der Waals surface area (Å²) in [4.78, 5) is 2.71. The van der Waals surface area contributed by atoms with Gasteiger partial charge in [-0.2, -0.15) is 11.3 Å². The number of hydrogen-bond donors (Lipinski definition) is 0. The van der Waals surface area contributed by atoms with E-state index in [-0.39, 0.29) is 0 Å². The van der Waals surface area contributed by atoms with Gasteiger partial charge in [0.25, 0.3) is 0 Å². The van der Waals surface area contributed by atoms with Gasteiger partial charge in [-0.05, 0) is 56.1 Å². The second kappa shape index (κ2) is 5.89. The molecule has 0 spiro atoms. The Balaban J connectivity index is 1.32. The first-order valence-electron chi connectivity index (χ1n) is 8.05. The lowest BCUT2D eigenvalue weighted by Gasteiger charge is -2.41. The van der Waals surface area contributed by atoms with E-state index in [1.165, 1.54) is 50.8 Å². The number of nitrogens with zero attached hydrogens (tertiary/aromatic N) is 4. The molecule has 2 aromatic rings. The van der Waals surface area contributed by atoms with Crippen molar-refractivity contribution in [3.8, 4) is 11.3 Å². The lowest BCUT2D eigenvalue weighted by Crippen LogP contribution is -2.45. The maximum atomic E-state index is 4.31. The summed E-state index contributed by atoms with van der Waals surface area (Å²) in [6, 6.07) is 3.01. The van der Waals surface area contributed by atoms with Crippen molar-refractivity contribution in [2.24, 2.45) is 5.92 Å². The number of aromatic nitrogens is 3. The van der Waals surface area contributed by atoms with E-state index < -0.39 is 0 Å². The zero-order valence-electron chi connectivity index (χ0n) is 12.3. The molecule has 1 saturated carbocycles. The highest BCUT2D eigenvalue weighted by atomic mass is 32.1. The molecule has 21 heavy (non-hydrogen) atoms. The van der Waals surface area contributed by atoms with Gasteiger partial charge in [-0.1, -0.05) is 11.6 Å². The Morgan fingerprint density at radius 1 is 1.19 bits per heavy atom. The van der Waals surface area contributed by atoms with Gasteiger partial charge in [-0.25, -0.2) is 0 Å². The molecule has 3 heterocycles. The van der Waals surface area contributed by atoms with Crippen molar-refractivity contribution in [2.75, 3.05) is 13.1 Å². The molecule has 2 fully saturated rings. The monoisotopic (exact) mass is 302 g/mol. The topological polar surface area (TPSA) is 34.0 Å². The van der Waals surface area contributed by atoms with Gasteiger partial charge in [0.05, 0.1) is 6.20 Å². The molecule has 0 atom stereocenters. The van der Waals surface area contributed by atoms with Crippen LogP contribution in [0.15, 0.2) is 23.0 Å². The largest absolute Gasteiger partial charge is 0.300 e. The normalized spacial score (nSPS) is 21.5. The molecule has 2 aliphatic rings. The van der Waals surface area contributed by atoms with Gasteiger partial charge in [-0.3, -0.25) is 4.68 Å². The standard InChI is InChI=1S/C16H22N4S/c1-2-15(3-1)19-7-4-13(5-8-19)10-20-11-16(17-18-20)14-6-9-21-12-14/h6,9,11-13,15H,1-5,7-8,10H2. The van der Waals surface area contributed by atoms with E-state index in [2.05, 4.69) is 38.2 Å². The molecule has 2 aromatic heterocycles. The summed E-state index contributed by atoms with van der Waals surface area (Å²) in [7, 11) is 0. The minimum atomic E-state index is 0.762. The molecule has 0 bridgehead atoms. The molecular formula is C16H22N4S. The molecule has 1 aliphatic heterocycles. The molecule has 4 nitrogen and oxygen atoms in total. The number of piperidine rings is 1. The molecule has 5 heteroatoms. The van der Waals surface area contributed by atoms with E-state index in [9.17, 15) is 0 Å². The molecule has 1 aliphatic carbocycles. The third kappa shape index (κ3) is 2.90. The van der Waals surface area contributed by atoms with Crippen LogP contribution in [0.5, 0.6) is 0 Å². The number of hydrogen-bond acceptors (Lipinski definition) is 4. The first-order chi connectivity index (χ1) is 10.4. The summed E-state index contributed by atoms with van der Waals surface area (Å²) in [6.45, 7) is 3.58. The van der Waals surface area contributed by atoms with Gasteiger partial charge in [0.2, 0.25) is 0 Å². The zero-order chi connectivity index (χ0) is 14.1. The fraction of sp³-hybridized carbons (Fsp3) is 0.625. The Kier molecular flexibility index (Phi) is 3.78. The maximum absolute atomic E-state index is 4.31. The maximum Gasteiger partial charge on any atom is 0.113 e. The Bertz CT molecular complexity index is 565. The molecule has 0 unspecified atom stereocenters. The molecule has 1 saturated heterocycles. The zero-order valence-corrected chi connectivity index (χ0v) is 13.1. The Morgan fingerprint density at radius 2 is 2.05 bits per heavy atom. The molecule has 112 valence electrons. The number of rotatable bonds is 4. The summed E-state index contributed by atoms with van der Waals surface area (Å²) in [5.41, 5.74) is 2.19. The van der Waals surface area contributed by atoms with E-state index in [0.717, 1.165) is 24.2 Å². The van der Waals surface area contributed by atoms with Crippen LogP contribution in [0.4, 0.5) is 0 Å². The lowest BCUT2D eigenvalue weighted by atomic mass is 9.88. The van der Waals surface area contributed by atoms with Gasteiger partial charge in [0.1, 0.15) is 5.69 Å². The third-order valence-corrected chi connectivity index (χ3v) is 5.72. The van der Waals surface area contributed by atoms with Crippen LogP contribution in [-0.2, 0) is 6.54 Å².